The first kappa shape index (κ1) is 19.2. The summed E-state index contributed by atoms with van der Waals surface area (Å²) >= 11 is 0. The Labute approximate surface area is 169 Å². The average molecular weight is 395 g/mol. The zero-order valence-corrected chi connectivity index (χ0v) is 17.1. The molecular formula is C21H25N5O3. The Morgan fingerprint density at radius 1 is 1.24 bits per heavy atom. The van der Waals surface area contributed by atoms with E-state index >= 15 is 0 Å². The van der Waals surface area contributed by atoms with Crippen LogP contribution >= 0.6 is 0 Å². The minimum absolute atomic E-state index is 0.143. The van der Waals surface area contributed by atoms with Crippen molar-refractivity contribution in [3.8, 4) is 0 Å². The van der Waals surface area contributed by atoms with Crippen LogP contribution in [-0.4, -0.2) is 56.9 Å². The Bertz CT molecular complexity index is 1100. The van der Waals surface area contributed by atoms with Crippen molar-refractivity contribution in [1.29, 1.82) is 0 Å². The van der Waals surface area contributed by atoms with Crippen molar-refractivity contribution in [2.45, 2.75) is 20.0 Å². The second-order valence-corrected chi connectivity index (χ2v) is 7.50. The number of carbonyl (C=O) groups excluding carboxylic acids is 2. The Balaban J connectivity index is 1.47. The van der Waals surface area contributed by atoms with Crippen LogP contribution in [0.15, 0.2) is 30.6 Å². The van der Waals surface area contributed by atoms with Crippen LogP contribution in [0.2, 0.25) is 0 Å². The number of aromatic nitrogens is 3. The Morgan fingerprint density at radius 2 is 2.03 bits per heavy atom. The van der Waals surface area contributed by atoms with Gasteiger partial charge in [0.15, 0.2) is 6.10 Å². The number of hydrogen-bond acceptors (Lipinski definition) is 4. The summed E-state index contributed by atoms with van der Waals surface area (Å²) in [5.41, 5.74) is 4.74. The van der Waals surface area contributed by atoms with Gasteiger partial charge < -0.3 is 19.5 Å². The highest BCUT2D eigenvalue weighted by molar-refractivity contribution is 5.98. The molecule has 0 radical (unpaired) electrons. The van der Waals surface area contributed by atoms with Crippen molar-refractivity contribution >= 4 is 28.4 Å². The molecule has 1 N–H and O–H groups in total. The maximum atomic E-state index is 12.8. The number of carbonyl (C=O) groups is 2. The number of nitrogens with one attached hydrogen (secondary N) is 1. The van der Waals surface area contributed by atoms with Crippen LogP contribution in [-0.2, 0) is 23.6 Å². The van der Waals surface area contributed by atoms with Crippen LogP contribution < -0.4 is 5.32 Å². The van der Waals surface area contributed by atoms with Crippen LogP contribution in [0.4, 0.5) is 5.69 Å². The van der Waals surface area contributed by atoms with Crippen LogP contribution in [0.5, 0.6) is 0 Å². The minimum Gasteiger partial charge on any atom is -0.365 e. The first-order valence-corrected chi connectivity index (χ1v) is 9.61. The number of fused-ring (bicyclic) bond motifs is 1. The predicted molar refractivity (Wildman–Crippen MR) is 110 cm³/mol. The Kier molecular flexibility index (Phi) is 4.87. The molecule has 8 heteroatoms. The minimum atomic E-state index is -0.710. The summed E-state index contributed by atoms with van der Waals surface area (Å²) in [5, 5.41) is 8.09. The second kappa shape index (κ2) is 7.36. The third-order valence-electron chi connectivity index (χ3n) is 5.67. The highest BCUT2D eigenvalue weighted by Crippen LogP contribution is 2.27. The molecule has 3 heterocycles. The van der Waals surface area contributed by atoms with E-state index in [-0.39, 0.29) is 18.4 Å². The topological polar surface area (TPSA) is 81.4 Å². The summed E-state index contributed by atoms with van der Waals surface area (Å²) in [6.07, 6.45) is 2.50. The van der Waals surface area contributed by atoms with E-state index in [0.29, 0.717) is 18.7 Å². The molecule has 0 bridgehead atoms. The smallest absolute Gasteiger partial charge is 0.257 e. The molecule has 3 aromatic rings. The number of benzene rings is 1. The molecule has 1 unspecified atom stereocenters. The molecule has 1 saturated heterocycles. The second-order valence-electron chi connectivity index (χ2n) is 7.50. The molecule has 8 nitrogen and oxygen atoms in total. The number of amides is 2. The van der Waals surface area contributed by atoms with Crippen molar-refractivity contribution in [3.63, 3.8) is 0 Å². The summed E-state index contributed by atoms with van der Waals surface area (Å²) in [4.78, 5) is 27.1. The van der Waals surface area contributed by atoms with E-state index in [0.717, 1.165) is 16.6 Å². The van der Waals surface area contributed by atoms with E-state index in [1.807, 2.05) is 25.2 Å². The van der Waals surface area contributed by atoms with Gasteiger partial charge in [-0.3, -0.25) is 14.3 Å². The van der Waals surface area contributed by atoms with Gasteiger partial charge in [-0.2, -0.15) is 5.10 Å². The predicted octanol–water partition coefficient (Wildman–Crippen LogP) is 2.01. The zero-order valence-electron chi connectivity index (χ0n) is 17.1. The van der Waals surface area contributed by atoms with E-state index in [4.69, 9.17) is 4.74 Å². The van der Waals surface area contributed by atoms with Gasteiger partial charge in [-0.1, -0.05) is 0 Å². The van der Waals surface area contributed by atoms with Gasteiger partial charge in [0.25, 0.3) is 11.8 Å². The molecule has 1 aromatic carbocycles. The zero-order chi connectivity index (χ0) is 20.7. The van der Waals surface area contributed by atoms with Gasteiger partial charge in [0.05, 0.1) is 24.9 Å². The van der Waals surface area contributed by atoms with Gasteiger partial charge in [0.2, 0.25) is 0 Å². The molecule has 152 valence electrons. The highest BCUT2D eigenvalue weighted by Gasteiger charge is 2.30. The van der Waals surface area contributed by atoms with Crippen LogP contribution in [0.25, 0.3) is 10.9 Å². The monoisotopic (exact) mass is 395 g/mol. The van der Waals surface area contributed by atoms with Crippen molar-refractivity contribution in [2.75, 3.05) is 25.0 Å². The van der Waals surface area contributed by atoms with E-state index in [1.165, 1.54) is 17.5 Å². The molecular weight excluding hydrogens is 370 g/mol. The highest BCUT2D eigenvalue weighted by atomic mass is 16.5. The summed E-state index contributed by atoms with van der Waals surface area (Å²) in [5.74, 6) is -0.394. The largest absolute Gasteiger partial charge is 0.365 e. The van der Waals surface area contributed by atoms with E-state index in [1.54, 1.807) is 22.8 Å². The van der Waals surface area contributed by atoms with E-state index in [2.05, 4.69) is 28.8 Å². The lowest BCUT2D eigenvalue weighted by molar-refractivity contribution is -0.131. The number of ether oxygens (including phenoxy) is 1. The maximum Gasteiger partial charge on any atom is 0.257 e. The number of morpholine rings is 1. The van der Waals surface area contributed by atoms with Crippen molar-refractivity contribution in [2.24, 2.45) is 14.1 Å². The maximum absolute atomic E-state index is 12.8. The Morgan fingerprint density at radius 3 is 2.76 bits per heavy atom. The van der Waals surface area contributed by atoms with Gasteiger partial charge in [0, 0.05) is 49.1 Å². The number of rotatable bonds is 3. The van der Waals surface area contributed by atoms with Crippen molar-refractivity contribution in [3.05, 3.63) is 47.4 Å². The molecule has 0 aliphatic carbocycles. The summed E-state index contributed by atoms with van der Waals surface area (Å²) < 4.78 is 9.36. The van der Waals surface area contributed by atoms with E-state index in [9.17, 15) is 9.59 Å². The quantitative estimate of drug-likeness (QED) is 0.736. The first-order valence-electron chi connectivity index (χ1n) is 9.61. The van der Waals surface area contributed by atoms with Crippen LogP contribution in [0, 0.1) is 13.8 Å². The lowest BCUT2D eigenvalue weighted by Gasteiger charge is -2.32. The molecule has 1 atom stereocenters. The molecule has 0 saturated carbocycles. The van der Waals surface area contributed by atoms with Gasteiger partial charge >= 0.3 is 0 Å². The number of hydrogen-bond donors (Lipinski definition) is 1. The lowest BCUT2D eigenvalue weighted by Crippen LogP contribution is -2.50. The SMILES string of the molecule is Cc1c(C)n(C)c2ccc(NC(=O)C3CN(C(=O)c4cnn(C)c4)CCO3)cc12. The third kappa shape index (κ3) is 3.51. The molecule has 1 aliphatic heterocycles. The van der Waals surface area contributed by atoms with Gasteiger partial charge in [0.1, 0.15) is 0 Å². The lowest BCUT2D eigenvalue weighted by atomic mass is 10.1. The Hall–Kier alpha value is -3.13. The molecule has 29 heavy (non-hydrogen) atoms. The number of anilines is 1. The molecule has 2 amide bonds. The van der Waals surface area contributed by atoms with Crippen molar-refractivity contribution < 1.29 is 14.3 Å². The van der Waals surface area contributed by atoms with Crippen LogP contribution in [0.3, 0.4) is 0 Å². The van der Waals surface area contributed by atoms with Gasteiger partial charge in [-0.25, -0.2) is 0 Å². The van der Waals surface area contributed by atoms with Crippen molar-refractivity contribution in [1.82, 2.24) is 19.2 Å². The fourth-order valence-corrected chi connectivity index (χ4v) is 3.76. The molecule has 1 aliphatic rings. The molecule has 4 rings (SSSR count). The molecule has 2 aromatic heterocycles. The third-order valence-corrected chi connectivity index (χ3v) is 5.67. The standard InChI is InChI=1S/C21H25N5O3/c1-13-14(2)25(4)18-6-5-16(9-17(13)18)23-20(27)19-12-26(7-8-29-19)21(28)15-10-22-24(3)11-15/h5-6,9-11,19H,7-8,12H2,1-4H3,(H,23,27). The van der Waals surface area contributed by atoms with Crippen LogP contribution in [0.1, 0.15) is 21.6 Å². The fourth-order valence-electron chi connectivity index (χ4n) is 3.76. The number of nitrogens with zero attached hydrogens (tertiary/aromatic N) is 4. The summed E-state index contributed by atoms with van der Waals surface area (Å²) in [6, 6.07) is 5.88. The summed E-state index contributed by atoms with van der Waals surface area (Å²) in [6.45, 7) is 5.14. The van der Waals surface area contributed by atoms with Gasteiger partial charge in [-0.05, 0) is 37.6 Å². The number of aryl methyl sites for hydroxylation is 3. The average Bonchev–Trinajstić information content (AvgIpc) is 3.25. The molecule has 1 fully saturated rings. The first-order chi connectivity index (χ1) is 13.8. The fraction of sp³-hybridized carbons (Fsp3) is 0.381. The van der Waals surface area contributed by atoms with Gasteiger partial charge in [-0.15, -0.1) is 0 Å². The summed E-state index contributed by atoms with van der Waals surface area (Å²) in [7, 11) is 3.80. The normalized spacial score (nSPS) is 17.0. The molecule has 0 spiro atoms. The van der Waals surface area contributed by atoms with E-state index < -0.39 is 6.10 Å².